The van der Waals surface area contributed by atoms with Gasteiger partial charge in [-0.05, 0) is 103 Å². The zero-order valence-electron chi connectivity index (χ0n) is 21.9. The lowest BCUT2D eigenvalue weighted by atomic mass is 9.60. The Hall–Kier alpha value is -2.29. The van der Waals surface area contributed by atoms with Gasteiger partial charge in [0.25, 0.3) is 5.91 Å². The van der Waals surface area contributed by atoms with Gasteiger partial charge in [0.1, 0.15) is 5.60 Å². The van der Waals surface area contributed by atoms with Crippen LogP contribution in [0.1, 0.15) is 79.1 Å². The lowest BCUT2D eigenvalue weighted by Crippen LogP contribution is -2.55. The highest BCUT2D eigenvalue weighted by Gasteiger charge is 2.46. The highest BCUT2D eigenvalue weighted by atomic mass is 16.6. The maximum atomic E-state index is 12.0. The molecule has 2 aliphatic carbocycles. The zero-order chi connectivity index (χ0) is 25.5. The average molecular weight is 493 g/mol. The molecule has 0 atom stereocenters. The topological polar surface area (TPSA) is 109 Å². The fourth-order valence-electron chi connectivity index (χ4n) is 5.62. The zero-order valence-corrected chi connectivity index (χ0v) is 21.9. The predicted octanol–water partition coefficient (Wildman–Crippen LogP) is 3.69. The first-order chi connectivity index (χ1) is 16.6. The third-order valence-electron chi connectivity index (χ3n) is 7.41. The number of ether oxygens (including phenoxy) is 2. The van der Waals surface area contributed by atoms with Crippen LogP contribution in [0, 0.1) is 11.3 Å². The first kappa shape index (κ1) is 27.3. The number of hydrogen-bond acceptors (Lipinski definition) is 6. The summed E-state index contributed by atoms with van der Waals surface area (Å²) in [5.41, 5.74) is -0.0702. The van der Waals surface area contributed by atoms with E-state index in [1.165, 1.54) is 25.2 Å². The smallest absolute Gasteiger partial charge is 0.407 e. The van der Waals surface area contributed by atoms with Gasteiger partial charge in [-0.25, -0.2) is 9.59 Å². The van der Waals surface area contributed by atoms with E-state index in [1.807, 2.05) is 27.7 Å². The maximum Gasteiger partial charge on any atom is 0.407 e. The molecule has 9 nitrogen and oxygen atoms in total. The molecule has 198 valence electrons. The molecule has 0 aromatic carbocycles. The second-order valence-corrected chi connectivity index (χ2v) is 11.5. The molecule has 1 spiro atoms. The SMILES string of the molecule is CCOC=CC(=O)NC(=O)NC1CCC(CN2CCC3(CC2)CC(NC(=O)OC(C)(C)C)C3)CC1. The quantitative estimate of drug-likeness (QED) is 0.369. The molecule has 0 aromatic heterocycles. The van der Waals surface area contributed by atoms with Crippen molar-refractivity contribution in [1.82, 2.24) is 20.9 Å². The van der Waals surface area contributed by atoms with Gasteiger partial charge in [-0.1, -0.05) is 0 Å². The van der Waals surface area contributed by atoms with Crippen molar-refractivity contribution in [2.45, 2.75) is 96.7 Å². The molecule has 2 saturated carbocycles. The molecule has 4 amide bonds. The summed E-state index contributed by atoms with van der Waals surface area (Å²) in [6.07, 6.45) is 10.8. The number of urea groups is 1. The number of carbonyl (C=O) groups is 3. The monoisotopic (exact) mass is 492 g/mol. The van der Waals surface area contributed by atoms with Crippen LogP contribution in [-0.2, 0) is 14.3 Å². The highest BCUT2D eigenvalue weighted by molar-refractivity contribution is 6.00. The molecule has 3 aliphatic rings. The molecule has 1 aliphatic heterocycles. The minimum Gasteiger partial charge on any atom is -0.501 e. The first-order valence-corrected chi connectivity index (χ1v) is 13.2. The molecule has 3 N–H and O–H groups in total. The van der Waals surface area contributed by atoms with E-state index in [0.717, 1.165) is 58.2 Å². The van der Waals surface area contributed by atoms with E-state index in [0.29, 0.717) is 17.9 Å². The fraction of sp³-hybridized carbons (Fsp3) is 0.808. The standard InChI is InChI=1S/C26H44N4O5/c1-5-34-15-10-22(31)29-23(32)27-20-8-6-19(7-9-20)18-30-13-11-26(12-14-30)16-21(17-26)28-24(33)35-25(2,3)4/h10,15,19-21H,5-9,11-14,16-18H2,1-4H3,(H,28,33)(H2,27,29,31,32). The molecular weight excluding hydrogens is 448 g/mol. The Kier molecular flexibility index (Phi) is 9.44. The van der Waals surface area contributed by atoms with E-state index in [9.17, 15) is 14.4 Å². The summed E-state index contributed by atoms with van der Waals surface area (Å²) >= 11 is 0. The summed E-state index contributed by atoms with van der Waals surface area (Å²) in [5, 5.41) is 8.26. The second-order valence-electron chi connectivity index (χ2n) is 11.5. The summed E-state index contributed by atoms with van der Waals surface area (Å²) in [5.74, 6) is 0.176. The molecule has 3 fully saturated rings. The van der Waals surface area contributed by atoms with Gasteiger partial charge in [-0.15, -0.1) is 0 Å². The van der Waals surface area contributed by atoms with Crippen LogP contribution in [0.3, 0.4) is 0 Å². The number of imide groups is 1. The minimum atomic E-state index is -0.481. The van der Waals surface area contributed by atoms with Gasteiger partial charge in [0.15, 0.2) is 0 Å². The Balaban J connectivity index is 1.28. The number of rotatable bonds is 7. The first-order valence-electron chi connectivity index (χ1n) is 13.2. The van der Waals surface area contributed by atoms with E-state index in [1.54, 1.807) is 0 Å². The highest BCUT2D eigenvalue weighted by Crippen LogP contribution is 2.49. The van der Waals surface area contributed by atoms with Gasteiger partial charge in [0, 0.05) is 24.7 Å². The van der Waals surface area contributed by atoms with Crippen molar-refractivity contribution in [2.75, 3.05) is 26.2 Å². The van der Waals surface area contributed by atoms with Crippen LogP contribution in [0.5, 0.6) is 0 Å². The number of amides is 4. The van der Waals surface area contributed by atoms with E-state index in [4.69, 9.17) is 9.47 Å². The van der Waals surface area contributed by atoms with Crippen LogP contribution in [0.2, 0.25) is 0 Å². The number of piperidine rings is 1. The number of alkyl carbamates (subject to hydrolysis) is 1. The summed E-state index contributed by atoms with van der Waals surface area (Å²) in [6.45, 7) is 11.3. The second kappa shape index (κ2) is 12.1. The Labute approximate surface area is 209 Å². The van der Waals surface area contributed by atoms with Crippen molar-refractivity contribution in [3.05, 3.63) is 12.3 Å². The Morgan fingerprint density at radius 1 is 1.00 bits per heavy atom. The lowest BCUT2D eigenvalue weighted by Gasteiger charge is -2.52. The normalized spacial score (nSPS) is 25.0. The molecule has 9 heteroatoms. The van der Waals surface area contributed by atoms with Gasteiger partial charge in [-0.2, -0.15) is 0 Å². The summed E-state index contributed by atoms with van der Waals surface area (Å²) < 4.78 is 10.3. The van der Waals surface area contributed by atoms with Crippen molar-refractivity contribution in [2.24, 2.45) is 11.3 Å². The molecule has 0 aromatic rings. The van der Waals surface area contributed by atoms with Crippen molar-refractivity contribution >= 4 is 18.0 Å². The lowest BCUT2D eigenvalue weighted by molar-refractivity contribution is -0.115. The van der Waals surface area contributed by atoms with Crippen molar-refractivity contribution < 1.29 is 23.9 Å². The molecule has 1 saturated heterocycles. The minimum absolute atomic E-state index is 0.115. The molecule has 0 bridgehead atoms. The molecular formula is C26H44N4O5. The van der Waals surface area contributed by atoms with Gasteiger partial charge >= 0.3 is 12.1 Å². The van der Waals surface area contributed by atoms with E-state index in [-0.39, 0.29) is 18.2 Å². The summed E-state index contributed by atoms with van der Waals surface area (Å²) in [4.78, 5) is 38.3. The van der Waals surface area contributed by atoms with Crippen LogP contribution >= 0.6 is 0 Å². The maximum absolute atomic E-state index is 12.0. The number of nitrogens with zero attached hydrogens (tertiary/aromatic N) is 1. The van der Waals surface area contributed by atoms with E-state index in [2.05, 4.69) is 20.9 Å². The third kappa shape index (κ3) is 9.02. The summed E-state index contributed by atoms with van der Waals surface area (Å²) in [6, 6.07) is -0.0859. The van der Waals surface area contributed by atoms with Crippen LogP contribution in [-0.4, -0.2) is 66.9 Å². The number of hydrogen-bond donors (Lipinski definition) is 3. The predicted molar refractivity (Wildman–Crippen MR) is 134 cm³/mol. The molecule has 3 rings (SSSR count). The van der Waals surface area contributed by atoms with E-state index >= 15 is 0 Å². The molecule has 1 heterocycles. The molecule has 0 unspecified atom stereocenters. The van der Waals surface area contributed by atoms with Crippen LogP contribution in [0.4, 0.5) is 9.59 Å². The average Bonchev–Trinajstić information content (AvgIpc) is 2.74. The summed E-state index contributed by atoms with van der Waals surface area (Å²) in [7, 11) is 0. The number of nitrogens with one attached hydrogen (secondary N) is 3. The van der Waals surface area contributed by atoms with Gasteiger partial charge in [0.2, 0.25) is 0 Å². The largest absolute Gasteiger partial charge is 0.501 e. The van der Waals surface area contributed by atoms with Crippen LogP contribution < -0.4 is 16.0 Å². The van der Waals surface area contributed by atoms with E-state index < -0.39 is 17.5 Å². The fourth-order valence-corrected chi connectivity index (χ4v) is 5.62. The van der Waals surface area contributed by atoms with Gasteiger partial charge < -0.3 is 25.0 Å². The number of carbonyl (C=O) groups excluding carboxylic acids is 3. The van der Waals surface area contributed by atoms with Crippen LogP contribution in [0.25, 0.3) is 0 Å². The molecule has 0 radical (unpaired) electrons. The Bertz CT molecular complexity index is 754. The van der Waals surface area contributed by atoms with Gasteiger partial charge in [0.05, 0.1) is 12.9 Å². The molecule has 35 heavy (non-hydrogen) atoms. The van der Waals surface area contributed by atoms with Crippen molar-refractivity contribution in [1.29, 1.82) is 0 Å². The number of likely N-dealkylation sites (tertiary alicyclic amines) is 1. The third-order valence-corrected chi connectivity index (χ3v) is 7.41. The van der Waals surface area contributed by atoms with Crippen molar-refractivity contribution in [3.8, 4) is 0 Å². The Morgan fingerprint density at radius 2 is 1.66 bits per heavy atom. The van der Waals surface area contributed by atoms with Gasteiger partial charge in [-0.3, -0.25) is 10.1 Å². The van der Waals surface area contributed by atoms with Crippen molar-refractivity contribution in [3.63, 3.8) is 0 Å². The Morgan fingerprint density at radius 3 is 2.26 bits per heavy atom. The van der Waals surface area contributed by atoms with Crippen LogP contribution in [0.15, 0.2) is 12.3 Å².